The van der Waals surface area contributed by atoms with Crippen molar-refractivity contribution in [3.63, 3.8) is 0 Å². The summed E-state index contributed by atoms with van der Waals surface area (Å²) < 4.78 is 5.26. The molecule has 15 heavy (non-hydrogen) atoms. The van der Waals surface area contributed by atoms with Crippen LogP contribution < -0.4 is 4.74 Å². The van der Waals surface area contributed by atoms with E-state index in [9.17, 15) is 0 Å². The Morgan fingerprint density at radius 1 is 1.13 bits per heavy atom. The first kappa shape index (κ1) is 8.54. The molecule has 0 radical (unpaired) electrons. The lowest BCUT2D eigenvalue weighted by molar-refractivity contribution is 0.415. The maximum absolute atomic E-state index is 5.26. The predicted octanol–water partition coefficient (Wildman–Crippen LogP) is 3.42. The van der Waals surface area contributed by atoms with E-state index in [4.69, 9.17) is 4.74 Å². The molecule has 0 aliphatic heterocycles. The molecule has 1 aliphatic carbocycles. The molecule has 0 saturated carbocycles. The summed E-state index contributed by atoms with van der Waals surface area (Å²) in [6, 6.07) is 10.6. The third-order valence-electron chi connectivity index (χ3n) is 2.98. The molecule has 0 N–H and O–H groups in total. The number of hydrogen-bond acceptors (Lipinski definition) is 1. The highest BCUT2D eigenvalue weighted by Gasteiger charge is 2.09. The molecule has 1 aliphatic rings. The molecule has 0 atom stereocenters. The van der Waals surface area contributed by atoms with Gasteiger partial charge in [0.05, 0.1) is 7.11 Å². The minimum Gasteiger partial charge on any atom is -0.497 e. The largest absolute Gasteiger partial charge is 0.497 e. The highest BCUT2D eigenvalue weighted by Crippen LogP contribution is 2.30. The monoisotopic (exact) mass is 196 g/mol. The number of fused-ring (bicyclic) bond motifs is 3. The average Bonchev–Trinajstić information content (AvgIpc) is 2.76. The van der Waals surface area contributed by atoms with Crippen molar-refractivity contribution < 1.29 is 4.74 Å². The second kappa shape index (κ2) is 3.13. The summed E-state index contributed by atoms with van der Waals surface area (Å²) in [6.07, 6.45) is 5.48. The van der Waals surface area contributed by atoms with Gasteiger partial charge in [-0.25, -0.2) is 0 Å². The molecule has 2 aromatic carbocycles. The summed E-state index contributed by atoms with van der Waals surface area (Å²) >= 11 is 0. The van der Waals surface area contributed by atoms with E-state index in [-0.39, 0.29) is 0 Å². The van der Waals surface area contributed by atoms with E-state index >= 15 is 0 Å². The molecule has 1 nitrogen and oxygen atoms in total. The lowest BCUT2D eigenvalue weighted by Gasteiger charge is -2.06. The Balaban J connectivity index is 2.36. The fourth-order valence-corrected chi connectivity index (χ4v) is 2.17. The number of methoxy groups -OCH3 is 1. The SMILES string of the molecule is COc1ccc2ccc3c(c2c1)C=CC3. The summed E-state index contributed by atoms with van der Waals surface area (Å²) in [5.74, 6) is 0.927. The van der Waals surface area contributed by atoms with Gasteiger partial charge in [-0.05, 0) is 40.5 Å². The van der Waals surface area contributed by atoms with Gasteiger partial charge in [0.1, 0.15) is 5.75 Å². The van der Waals surface area contributed by atoms with E-state index in [0.29, 0.717) is 0 Å². The lowest BCUT2D eigenvalue weighted by atomic mass is 10.0. The first-order valence-corrected chi connectivity index (χ1v) is 5.14. The van der Waals surface area contributed by atoms with Crippen LogP contribution in [0.25, 0.3) is 16.8 Å². The number of ether oxygens (including phenoxy) is 1. The van der Waals surface area contributed by atoms with Gasteiger partial charge in [-0.1, -0.05) is 30.4 Å². The Hall–Kier alpha value is -1.76. The quantitative estimate of drug-likeness (QED) is 0.679. The van der Waals surface area contributed by atoms with Crippen molar-refractivity contribution in [3.8, 4) is 5.75 Å². The van der Waals surface area contributed by atoms with Crippen LogP contribution in [0.2, 0.25) is 0 Å². The van der Waals surface area contributed by atoms with E-state index in [2.05, 4.69) is 36.4 Å². The zero-order valence-electron chi connectivity index (χ0n) is 8.66. The molecule has 0 unspecified atom stereocenters. The predicted molar refractivity (Wildman–Crippen MR) is 63.2 cm³/mol. The van der Waals surface area contributed by atoms with Crippen molar-refractivity contribution in [1.82, 2.24) is 0 Å². The van der Waals surface area contributed by atoms with E-state index in [1.165, 1.54) is 21.9 Å². The van der Waals surface area contributed by atoms with Gasteiger partial charge in [0, 0.05) is 0 Å². The Kier molecular flexibility index (Phi) is 1.78. The number of hydrogen-bond donors (Lipinski definition) is 0. The van der Waals surface area contributed by atoms with Gasteiger partial charge in [0.25, 0.3) is 0 Å². The Labute approximate surface area is 89.0 Å². The van der Waals surface area contributed by atoms with Crippen LogP contribution in [0.15, 0.2) is 36.4 Å². The summed E-state index contributed by atoms with van der Waals surface area (Å²) in [7, 11) is 1.71. The van der Waals surface area contributed by atoms with Gasteiger partial charge < -0.3 is 4.74 Å². The van der Waals surface area contributed by atoms with Crippen LogP contribution >= 0.6 is 0 Å². The van der Waals surface area contributed by atoms with E-state index in [1.807, 2.05) is 6.07 Å². The number of rotatable bonds is 1. The van der Waals surface area contributed by atoms with Crippen LogP contribution in [0.5, 0.6) is 5.75 Å². The average molecular weight is 196 g/mol. The highest BCUT2D eigenvalue weighted by atomic mass is 16.5. The van der Waals surface area contributed by atoms with Crippen molar-refractivity contribution in [2.75, 3.05) is 7.11 Å². The number of allylic oxidation sites excluding steroid dienone is 1. The summed E-state index contributed by atoms with van der Waals surface area (Å²) in [4.78, 5) is 0. The van der Waals surface area contributed by atoms with Crippen LogP contribution in [0.3, 0.4) is 0 Å². The second-order valence-corrected chi connectivity index (χ2v) is 3.83. The molecule has 0 bridgehead atoms. The van der Waals surface area contributed by atoms with Crippen molar-refractivity contribution in [2.24, 2.45) is 0 Å². The Morgan fingerprint density at radius 2 is 2.00 bits per heavy atom. The third kappa shape index (κ3) is 1.23. The first-order chi connectivity index (χ1) is 7.38. The maximum atomic E-state index is 5.26. The summed E-state index contributed by atoms with van der Waals surface area (Å²) in [5.41, 5.74) is 2.77. The van der Waals surface area contributed by atoms with Gasteiger partial charge in [-0.2, -0.15) is 0 Å². The van der Waals surface area contributed by atoms with Crippen LogP contribution in [-0.2, 0) is 6.42 Å². The fraction of sp³-hybridized carbons (Fsp3) is 0.143. The summed E-state index contributed by atoms with van der Waals surface area (Å²) in [5, 5.41) is 2.57. The Bertz CT molecular complexity index is 553. The third-order valence-corrected chi connectivity index (χ3v) is 2.98. The molecule has 0 amide bonds. The van der Waals surface area contributed by atoms with Gasteiger partial charge in [0.2, 0.25) is 0 Å². The summed E-state index contributed by atoms with van der Waals surface area (Å²) in [6.45, 7) is 0. The van der Waals surface area contributed by atoms with Crippen molar-refractivity contribution in [1.29, 1.82) is 0 Å². The Morgan fingerprint density at radius 3 is 2.87 bits per heavy atom. The molecule has 0 aromatic heterocycles. The highest BCUT2D eigenvalue weighted by molar-refractivity contribution is 5.94. The minimum atomic E-state index is 0.927. The second-order valence-electron chi connectivity index (χ2n) is 3.83. The van der Waals surface area contributed by atoms with Gasteiger partial charge >= 0.3 is 0 Å². The van der Waals surface area contributed by atoms with Crippen LogP contribution in [0.1, 0.15) is 11.1 Å². The molecule has 2 aromatic rings. The standard InChI is InChI=1S/C14H12O/c1-15-12-8-7-11-6-5-10-3-2-4-13(10)14(11)9-12/h2,4-9H,3H2,1H3. The molecular formula is C14H12O. The van der Waals surface area contributed by atoms with Crippen molar-refractivity contribution >= 4 is 16.8 Å². The first-order valence-electron chi connectivity index (χ1n) is 5.14. The van der Waals surface area contributed by atoms with E-state index in [1.54, 1.807) is 7.11 Å². The maximum Gasteiger partial charge on any atom is 0.119 e. The van der Waals surface area contributed by atoms with Crippen molar-refractivity contribution in [2.45, 2.75) is 6.42 Å². The van der Waals surface area contributed by atoms with Crippen LogP contribution in [0.4, 0.5) is 0 Å². The molecule has 0 heterocycles. The topological polar surface area (TPSA) is 9.23 Å². The molecule has 74 valence electrons. The zero-order valence-corrected chi connectivity index (χ0v) is 8.66. The number of benzene rings is 2. The molecule has 0 fully saturated rings. The van der Waals surface area contributed by atoms with Gasteiger partial charge in [0.15, 0.2) is 0 Å². The molecule has 0 saturated heterocycles. The zero-order chi connectivity index (χ0) is 10.3. The molecule has 0 spiro atoms. The smallest absolute Gasteiger partial charge is 0.119 e. The minimum absolute atomic E-state index is 0.927. The van der Waals surface area contributed by atoms with Crippen LogP contribution in [-0.4, -0.2) is 7.11 Å². The van der Waals surface area contributed by atoms with Crippen LogP contribution in [0, 0.1) is 0 Å². The molecule has 1 heteroatoms. The molecular weight excluding hydrogens is 184 g/mol. The lowest BCUT2D eigenvalue weighted by Crippen LogP contribution is -1.86. The van der Waals surface area contributed by atoms with E-state index < -0.39 is 0 Å². The van der Waals surface area contributed by atoms with Gasteiger partial charge in [-0.15, -0.1) is 0 Å². The fourth-order valence-electron chi connectivity index (χ4n) is 2.17. The van der Waals surface area contributed by atoms with Crippen molar-refractivity contribution in [3.05, 3.63) is 47.5 Å². The van der Waals surface area contributed by atoms with E-state index in [0.717, 1.165) is 12.2 Å². The normalized spacial score (nSPS) is 13.1. The van der Waals surface area contributed by atoms with Gasteiger partial charge in [-0.3, -0.25) is 0 Å². The molecule has 3 rings (SSSR count).